The van der Waals surface area contributed by atoms with Gasteiger partial charge in [0.25, 0.3) is 5.17 Å². The second-order valence-corrected chi connectivity index (χ2v) is 4.33. The van der Waals surface area contributed by atoms with Crippen molar-refractivity contribution in [2.24, 2.45) is 0 Å². The molecule has 1 aromatic rings. The van der Waals surface area contributed by atoms with Gasteiger partial charge in [-0.1, -0.05) is 6.07 Å². The zero-order valence-electron chi connectivity index (χ0n) is 11.6. The molecule has 1 rings (SSSR count). The highest BCUT2D eigenvalue weighted by molar-refractivity contribution is 7.80. The molecule has 7 heteroatoms. The number of methoxy groups -OCH3 is 1. The van der Waals surface area contributed by atoms with Crippen molar-refractivity contribution in [3.63, 3.8) is 0 Å². The maximum Gasteiger partial charge on any atom is 0.345 e. The molecule has 20 heavy (non-hydrogen) atoms. The first-order valence-corrected chi connectivity index (χ1v) is 6.06. The van der Waals surface area contributed by atoms with Gasteiger partial charge in [0.2, 0.25) is 0 Å². The summed E-state index contributed by atoms with van der Waals surface area (Å²) in [7, 11) is 4.63. The van der Waals surface area contributed by atoms with Crippen molar-refractivity contribution < 1.29 is 23.8 Å². The molecule has 0 aromatic heterocycles. The Balaban J connectivity index is 3.25. The number of esters is 2. The van der Waals surface area contributed by atoms with Crippen molar-refractivity contribution in [3.05, 3.63) is 23.8 Å². The second-order valence-electron chi connectivity index (χ2n) is 3.98. The molecule has 0 atom stereocenters. The standard InChI is InChI=1S/C13H15NO5S/c1-8(15)18-9-6-5-7-10(11(9)12(16)17-4)19-13(20)14(2)3/h5-7H,1-4H3. The smallest absolute Gasteiger partial charge is 0.345 e. The number of benzene rings is 1. The Hall–Kier alpha value is -2.15. The largest absolute Gasteiger partial charge is 0.465 e. The summed E-state index contributed by atoms with van der Waals surface area (Å²) in [6.07, 6.45) is 0. The molecule has 0 heterocycles. The van der Waals surface area contributed by atoms with Crippen LogP contribution < -0.4 is 9.47 Å². The van der Waals surface area contributed by atoms with E-state index in [0.29, 0.717) is 0 Å². The molecule has 0 spiro atoms. The van der Waals surface area contributed by atoms with E-state index in [1.807, 2.05) is 0 Å². The minimum atomic E-state index is -0.682. The van der Waals surface area contributed by atoms with Gasteiger partial charge in [-0.25, -0.2) is 4.79 Å². The SMILES string of the molecule is COC(=O)c1c(OC(C)=O)cccc1OC(=S)N(C)C. The van der Waals surface area contributed by atoms with Gasteiger partial charge < -0.3 is 19.1 Å². The number of nitrogens with zero attached hydrogens (tertiary/aromatic N) is 1. The number of rotatable bonds is 3. The van der Waals surface area contributed by atoms with Gasteiger partial charge in [0.05, 0.1) is 7.11 Å². The van der Waals surface area contributed by atoms with E-state index in [1.165, 1.54) is 26.2 Å². The highest BCUT2D eigenvalue weighted by Crippen LogP contribution is 2.29. The minimum absolute atomic E-state index is 0.00870. The van der Waals surface area contributed by atoms with Crippen LogP contribution in [-0.4, -0.2) is 43.2 Å². The molecule has 0 radical (unpaired) electrons. The Morgan fingerprint density at radius 1 is 1.15 bits per heavy atom. The molecule has 0 unspecified atom stereocenters. The summed E-state index contributed by atoms with van der Waals surface area (Å²) in [6.45, 7) is 1.24. The van der Waals surface area contributed by atoms with Gasteiger partial charge in [0, 0.05) is 21.0 Å². The van der Waals surface area contributed by atoms with Crippen LogP contribution in [0.1, 0.15) is 17.3 Å². The first-order valence-electron chi connectivity index (χ1n) is 5.65. The summed E-state index contributed by atoms with van der Waals surface area (Å²) in [4.78, 5) is 24.5. The topological polar surface area (TPSA) is 65.1 Å². The van der Waals surface area contributed by atoms with Crippen molar-refractivity contribution in [2.75, 3.05) is 21.2 Å². The van der Waals surface area contributed by atoms with Gasteiger partial charge in [0.15, 0.2) is 0 Å². The molecule has 0 N–H and O–H groups in total. The van der Waals surface area contributed by atoms with Crippen molar-refractivity contribution in [3.8, 4) is 11.5 Å². The predicted molar refractivity (Wildman–Crippen MR) is 76.0 cm³/mol. The van der Waals surface area contributed by atoms with E-state index in [9.17, 15) is 9.59 Å². The van der Waals surface area contributed by atoms with Gasteiger partial charge in [-0.2, -0.15) is 0 Å². The molecule has 1 aromatic carbocycles. The summed E-state index contributed by atoms with van der Waals surface area (Å²) in [5, 5.41) is 0.162. The number of hydrogen-bond acceptors (Lipinski definition) is 6. The first-order chi connectivity index (χ1) is 9.36. The van der Waals surface area contributed by atoms with Crippen LogP contribution in [0.25, 0.3) is 0 Å². The Kier molecular flexibility index (Phi) is 5.45. The van der Waals surface area contributed by atoms with Crippen molar-refractivity contribution in [1.82, 2.24) is 4.90 Å². The third-order valence-electron chi connectivity index (χ3n) is 2.19. The lowest BCUT2D eigenvalue weighted by molar-refractivity contribution is -0.131. The minimum Gasteiger partial charge on any atom is -0.465 e. The number of carbonyl (C=O) groups excluding carboxylic acids is 2. The second kappa shape index (κ2) is 6.85. The third-order valence-corrected chi connectivity index (χ3v) is 2.64. The van der Waals surface area contributed by atoms with Gasteiger partial charge in [-0.05, 0) is 24.4 Å². The quantitative estimate of drug-likeness (QED) is 0.477. The summed E-state index contributed by atoms with van der Waals surface area (Å²) >= 11 is 5.02. The van der Waals surface area contributed by atoms with Gasteiger partial charge in [-0.3, -0.25) is 4.79 Å². The number of ether oxygens (including phenoxy) is 3. The predicted octanol–water partition coefficient (Wildman–Crippen LogP) is 1.62. The molecule has 0 aliphatic heterocycles. The van der Waals surface area contributed by atoms with Crippen LogP contribution in [0, 0.1) is 0 Å². The van der Waals surface area contributed by atoms with E-state index in [2.05, 4.69) is 4.74 Å². The molecule has 0 aliphatic rings. The lowest BCUT2D eigenvalue weighted by atomic mass is 10.2. The van der Waals surface area contributed by atoms with Gasteiger partial charge in [0.1, 0.15) is 17.1 Å². The Morgan fingerprint density at radius 2 is 1.70 bits per heavy atom. The van der Waals surface area contributed by atoms with E-state index >= 15 is 0 Å². The fourth-order valence-electron chi connectivity index (χ4n) is 1.32. The summed E-state index contributed by atoms with van der Waals surface area (Å²) < 4.78 is 15.1. The van der Waals surface area contributed by atoms with Crippen LogP contribution in [0.5, 0.6) is 11.5 Å². The Labute approximate surface area is 122 Å². The maximum absolute atomic E-state index is 11.8. The number of carbonyl (C=O) groups is 2. The summed E-state index contributed by atoms with van der Waals surface area (Å²) in [5.74, 6) is -1.02. The molecule has 0 amide bonds. The summed E-state index contributed by atoms with van der Waals surface area (Å²) in [6, 6.07) is 4.59. The van der Waals surface area contributed by atoms with Crippen LogP contribution in [0.2, 0.25) is 0 Å². The Morgan fingerprint density at radius 3 is 2.15 bits per heavy atom. The van der Waals surface area contributed by atoms with Gasteiger partial charge >= 0.3 is 11.9 Å². The van der Waals surface area contributed by atoms with E-state index in [4.69, 9.17) is 21.7 Å². The molecule has 0 saturated heterocycles. The monoisotopic (exact) mass is 297 g/mol. The van der Waals surface area contributed by atoms with E-state index in [1.54, 1.807) is 25.1 Å². The third kappa shape index (κ3) is 3.92. The van der Waals surface area contributed by atoms with Crippen LogP contribution in [-0.2, 0) is 9.53 Å². The molecule has 0 fully saturated rings. The van der Waals surface area contributed by atoms with Crippen molar-refractivity contribution in [2.45, 2.75) is 6.92 Å². The zero-order chi connectivity index (χ0) is 15.3. The lowest BCUT2D eigenvalue weighted by Crippen LogP contribution is -2.26. The van der Waals surface area contributed by atoms with Crippen LogP contribution in [0.3, 0.4) is 0 Å². The fraction of sp³-hybridized carbons (Fsp3) is 0.308. The van der Waals surface area contributed by atoms with E-state index in [-0.39, 0.29) is 22.2 Å². The van der Waals surface area contributed by atoms with Crippen LogP contribution >= 0.6 is 12.2 Å². The highest BCUT2D eigenvalue weighted by atomic mass is 32.1. The molecule has 0 aliphatic carbocycles. The number of hydrogen-bond donors (Lipinski definition) is 0. The highest BCUT2D eigenvalue weighted by Gasteiger charge is 2.22. The molecule has 108 valence electrons. The first kappa shape index (κ1) is 15.9. The number of thiocarbonyl (C=S) groups is 1. The maximum atomic E-state index is 11.8. The molecular formula is C13H15NO5S. The molecular weight excluding hydrogens is 282 g/mol. The average Bonchev–Trinajstić information content (AvgIpc) is 2.37. The van der Waals surface area contributed by atoms with E-state index < -0.39 is 11.9 Å². The van der Waals surface area contributed by atoms with Crippen LogP contribution in [0.4, 0.5) is 0 Å². The summed E-state index contributed by atoms with van der Waals surface area (Å²) in [5.41, 5.74) is 0.00870. The molecule has 0 saturated carbocycles. The average molecular weight is 297 g/mol. The molecule has 6 nitrogen and oxygen atoms in total. The Bertz CT molecular complexity index is 542. The van der Waals surface area contributed by atoms with Gasteiger partial charge in [-0.15, -0.1) is 0 Å². The zero-order valence-corrected chi connectivity index (χ0v) is 12.4. The van der Waals surface area contributed by atoms with Crippen molar-refractivity contribution >= 4 is 29.3 Å². The van der Waals surface area contributed by atoms with E-state index in [0.717, 1.165) is 0 Å². The molecule has 0 bridgehead atoms. The fourth-order valence-corrected chi connectivity index (χ4v) is 1.41. The normalized spacial score (nSPS) is 9.60. The lowest BCUT2D eigenvalue weighted by Gasteiger charge is -2.17. The van der Waals surface area contributed by atoms with Crippen LogP contribution in [0.15, 0.2) is 18.2 Å². The van der Waals surface area contributed by atoms with Crippen molar-refractivity contribution in [1.29, 1.82) is 0 Å².